The van der Waals surface area contributed by atoms with Crippen molar-refractivity contribution in [1.82, 2.24) is 4.90 Å². The molecule has 6 heteroatoms. The quantitative estimate of drug-likeness (QED) is 0.576. The maximum absolute atomic E-state index is 11.3. The van der Waals surface area contributed by atoms with Crippen LogP contribution in [0.3, 0.4) is 0 Å². The van der Waals surface area contributed by atoms with Gasteiger partial charge in [0, 0.05) is 12.6 Å². The lowest BCUT2D eigenvalue weighted by Gasteiger charge is -2.37. The molecular weight excluding hydrogens is 402 g/mol. The normalized spacial score (nSPS) is 20.6. The highest BCUT2D eigenvalue weighted by molar-refractivity contribution is 6.12. The van der Waals surface area contributed by atoms with Gasteiger partial charge < -0.3 is 19.7 Å². The van der Waals surface area contributed by atoms with Crippen LogP contribution in [-0.4, -0.2) is 40.9 Å². The standard InChI is InChI=1S/C24H27NO4.ClH/c1-3-28-21-11-17-16-10-14(26)7-8-15(16)23-19(18(17)12-22(21)29-4-2)13-25-9-5-6-20(25)24(23)27;/h7-8,10-12,20,24,26-27H,3-6,9,13H2,1-2H3;1H/t20-,24+;/m0./s1. The molecule has 0 aromatic heterocycles. The Kier molecular flexibility index (Phi) is 5.71. The van der Waals surface area contributed by atoms with Crippen LogP contribution in [0.25, 0.3) is 21.5 Å². The molecule has 2 N–H and O–H groups in total. The van der Waals surface area contributed by atoms with Gasteiger partial charge in [-0.15, -0.1) is 12.4 Å². The van der Waals surface area contributed by atoms with E-state index in [4.69, 9.17) is 9.47 Å². The topological polar surface area (TPSA) is 62.2 Å². The fourth-order valence-electron chi connectivity index (χ4n) is 5.18. The van der Waals surface area contributed by atoms with E-state index in [1.165, 1.54) is 0 Å². The zero-order chi connectivity index (χ0) is 20.1. The van der Waals surface area contributed by atoms with Gasteiger partial charge in [0.05, 0.1) is 19.3 Å². The minimum absolute atomic E-state index is 0. The van der Waals surface area contributed by atoms with Crippen LogP contribution in [0.15, 0.2) is 30.3 Å². The van der Waals surface area contributed by atoms with Gasteiger partial charge >= 0.3 is 0 Å². The van der Waals surface area contributed by atoms with E-state index in [1.54, 1.807) is 12.1 Å². The summed E-state index contributed by atoms with van der Waals surface area (Å²) >= 11 is 0. The average molecular weight is 430 g/mol. The number of fused-ring (bicyclic) bond motifs is 7. The van der Waals surface area contributed by atoms with Gasteiger partial charge in [-0.2, -0.15) is 0 Å². The van der Waals surface area contributed by atoms with E-state index in [-0.39, 0.29) is 24.2 Å². The van der Waals surface area contributed by atoms with E-state index in [1.807, 2.05) is 26.0 Å². The van der Waals surface area contributed by atoms with Crippen LogP contribution in [0.4, 0.5) is 0 Å². The second-order valence-electron chi connectivity index (χ2n) is 7.96. The van der Waals surface area contributed by atoms with Crippen LogP contribution in [0, 0.1) is 0 Å². The number of aromatic hydroxyl groups is 1. The van der Waals surface area contributed by atoms with Gasteiger partial charge in [0.25, 0.3) is 0 Å². The van der Waals surface area contributed by atoms with Gasteiger partial charge in [-0.05, 0) is 90.2 Å². The van der Waals surface area contributed by atoms with E-state index >= 15 is 0 Å². The number of aliphatic hydroxyl groups excluding tert-OH is 1. The molecule has 2 aliphatic heterocycles. The average Bonchev–Trinajstić information content (AvgIpc) is 3.18. The number of hydrogen-bond donors (Lipinski definition) is 2. The Labute approximate surface area is 182 Å². The second-order valence-corrected chi connectivity index (χ2v) is 7.96. The first-order valence-corrected chi connectivity index (χ1v) is 10.5. The van der Waals surface area contributed by atoms with E-state index in [2.05, 4.69) is 11.0 Å². The molecule has 0 saturated carbocycles. The van der Waals surface area contributed by atoms with Gasteiger partial charge in [0.1, 0.15) is 5.75 Å². The number of benzene rings is 3. The molecule has 3 aromatic carbocycles. The molecule has 1 fully saturated rings. The van der Waals surface area contributed by atoms with Crippen molar-refractivity contribution in [3.8, 4) is 17.2 Å². The summed E-state index contributed by atoms with van der Waals surface area (Å²) < 4.78 is 11.8. The number of nitrogens with zero attached hydrogens (tertiary/aromatic N) is 1. The molecule has 5 rings (SSSR count). The first-order chi connectivity index (χ1) is 14.1. The number of phenols is 1. The van der Waals surface area contributed by atoms with Crippen molar-refractivity contribution in [1.29, 1.82) is 0 Å². The smallest absolute Gasteiger partial charge is 0.161 e. The summed E-state index contributed by atoms with van der Waals surface area (Å²) in [5.41, 5.74) is 2.16. The van der Waals surface area contributed by atoms with E-state index in [0.29, 0.717) is 19.0 Å². The van der Waals surface area contributed by atoms with Crippen LogP contribution < -0.4 is 9.47 Å². The predicted molar refractivity (Wildman–Crippen MR) is 121 cm³/mol. The lowest BCUT2D eigenvalue weighted by Crippen LogP contribution is -2.39. The molecule has 0 unspecified atom stereocenters. The molecule has 0 radical (unpaired) electrons. The Morgan fingerprint density at radius 3 is 2.33 bits per heavy atom. The van der Waals surface area contributed by atoms with Crippen molar-refractivity contribution in [3.63, 3.8) is 0 Å². The van der Waals surface area contributed by atoms with Gasteiger partial charge in [-0.1, -0.05) is 6.07 Å². The van der Waals surface area contributed by atoms with E-state index in [9.17, 15) is 10.2 Å². The fourth-order valence-corrected chi connectivity index (χ4v) is 5.18. The zero-order valence-corrected chi connectivity index (χ0v) is 18.2. The van der Waals surface area contributed by atoms with Crippen LogP contribution in [0.1, 0.15) is 43.9 Å². The minimum Gasteiger partial charge on any atom is -0.508 e. The molecule has 0 aliphatic carbocycles. The Morgan fingerprint density at radius 2 is 1.63 bits per heavy atom. The first kappa shape index (κ1) is 21.0. The highest BCUT2D eigenvalue weighted by Gasteiger charge is 2.39. The van der Waals surface area contributed by atoms with Crippen molar-refractivity contribution in [2.45, 2.75) is 45.4 Å². The number of hydrogen-bond acceptors (Lipinski definition) is 5. The molecule has 30 heavy (non-hydrogen) atoms. The SMILES string of the molecule is CCOc1cc2c3c(c4ccc(O)cc4c2cc1OCC)[C@H](O)[C@@H]1CCCN1C3.Cl. The summed E-state index contributed by atoms with van der Waals surface area (Å²) in [6, 6.07) is 9.69. The second kappa shape index (κ2) is 8.14. The minimum atomic E-state index is -0.528. The molecule has 2 atom stereocenters. The Morgan fingerprint density at radius 1 is 0.967 bits per heavy atom. The third-order valence-corrected chi connectivity index (χ3v) is 6.35. The van der Waals surface area contributed by atoms with Crippen molar-refractivity contribution in [2.75, 3.05) is 19.8 Å². The summed E-state index contributed by atoms with van der Waals surface area (Å²) in [7, 11) is 0. The largest absolute Gasteiger partial charge is 0.508 e. The van der Waals surface area contributed by atoms with E-state index in [0.717, 1.165) is 64.4 Å². The highest BCUT2D eigenvalue weighted by Crippen LogP contribution is 2.47. The van der Waals surface area contributed by atoms with Crippen LogP contribution in [-0.2, 0) is 6.54 Å². The maximum atomic E-state index is 11.3. The molecule has 1 saturated heterocycles. The summed E-state index contributed by atoms with van der Waals surface area (Å²) in [6.45, 7) is 6.87. The molecule has 160 valence electrons. The Hall–Kier alpha value is -2.21. The first-order valence-electron chi connectivity index (χ1n) is 10.5. The van der Waals surface area contributed by atoms with Gasteiger partial charge in [-0.25, -0.2) is 0 Å². The lowest BCUT2D eigenvalue weighted by molar-refractivity contribution is 0.0552. The third kappa shape index (κ3) is 3.16. The van der Waals surface area contributed by atoms with Gasteiger partial charge in [-0.3, -0.25) is 4.90 Å². The van der Waals surface area contributed by atoms with E-state index < -0.39 is 6.10 Å². The molecule has 0 amide bonds. The monoisotopic (exact) mass is 429 g/mol. The van der Waals surface area contributed by atoms with Crippen molar-refractivity contribution in [3.05, 3.63) is 41.5 Å². The summed E-state index contributed by atoms with van der Waals surface area (Å²) in [5, 5.41) is 25.5. The summed E-state index contributed by atoms with van der Waals surface area (Å²) in [6.07, 6.45) is 1.61. The van der Waals surface area contributed by atoms with Crippen molar-refractivity contribution >= 4 is 34.0 Å². The molecule has 2 heterocycles. The number of rotatable bonds is 4. The van der Waals surface area contributed by atoms with Crippen molar-refractivity contribution in [2.24, 2.45) is 0 Å². The van der Waals surface area contributed by atoms with Crippen LogP contribution in [0.2, 0.25) is 0 Å². The summed E-state index contributed by atoms with van der Waals surface area (Å²) in [5.74, 6) is 1.65. The molecule has 0 spiro atoms. The molecule has 5 nitrogen and oxygen atoms in total. The molecule has 0 bridgehead atoms. The fraction of sp³-hybridized carbons (Fsp3) is 0.417. The summed E-state index contributed by atoms with van der Waals surface area (Å²) in [4.78, 5) is 2.40. The molecule has 3 aromatic rings. The molecule has 2 aliphatic rings. The van der Waals surface area contributed by atoms with Crippen LogP contribution >= 0.6 is 12.4 Å². The number of ether oxygens (including phenoxy) is 2. The van der Waals surface area contributed by atoms with Crippen molar-refractivity contribution < 1.29 is 19.7 Å². The lowest BCUT2D eigenvalue weighted by atomic mass is 9.83. The van der Waals surface area contributed by atoms with Gasteiger partial charge in [0.15, 0.2) is 11.5 Å². The Bertz CT molecular complexity index is 1100. The third-order valence-electron chi connectivity index (χ3n) is 6.35. The maximum Gasteiger partial charge on any atom is 0.161 e. The number of phenolic OH excluding ortho intramolecular Hbond substituents is 1. The van der Waals surface area contributed by atoms with Crippen LogP contribution in [0.5, 0.6) is 17.2 Å². The van der Waals surface area contributed by atoms with Gasteiger partial charge in [0.2, 0.25) is 0 Å². The predicted octanol–water partition coefficient (Wildman–Crippen LogP) is 4.93. The number of aliphatic hydroxyl groups is 1. The Balaban J connectivity index is 0.00000218. The number of halogens is 1. The highest BCUT2D eigenvalue weighted by atomic mass is 35.5. The zero-order valence-electron chi connectivity index (χ0n) is 17.4. The molecular formula is C24H28ClNO4.